The molecule has 0 saturated heterocycles. The van der Waals surface area contributed by atoms with Crippen LogP contribution >= 0.6 is 23.2 Å². The van der Waals surface area contributed by atoms with Crippen LogP contribution in [-0.2, 0) is 16.1 Å². The molecule has 10 heteroatoms. The van der Waals surface area contributed by atoms with Crippen molar-refractivity contribution in [3.8, 4) is 11.1 Å². The summed E-state index contributed by atoms with van der Waals surface area (Å²) in [6, 6.07) is 1.33. The van der Waals surface area contributed by atoms with Gasteiger partial charge in [0.15, 0.2) is 0 Å². The van der Waals surface area contributed by atoms with E-state index >= 15 is 0 Å². The number of benzene rings is 1. The van der Waals surface area contributed by atoms with Crippen LogP contribution in [0.2, 0.25) is 10.0 Å². The molecule has 0 saturated carbocycles. The van der Waals surface area contributed by atoms with E-state index in [0.717, 1.165) is 0 Å². The van der Waals surface area contributed by atoms with Crippen LogP contribution in [0, 0.1) is 0 Å². The van der Waals surface area contributed by atoms with Gasteiger partial charge in [-0.1, -0.05) is 23.2 Å². The van der Waals surface area contributed by atoms with Crippen molar-refractivity contribution in [2.75, 3.05) is 12.4 Å². The lowest BCUT2D eigenvalue weighted by Gasteiger charge is -2.10. The maximum absolute atomic E-state index is 12.7. The molecule has 0 aliphatic rings. The van der Waals surface area contributed by atoms with E-state index in [2.05, 4.69) is 20.5 Å². The van der Waals surface area contributed by atoms with Crippen molar-refractivity contribution in [1.82, 2.24) is 15.2 Å². The average Bonchev–Trinajstić information content (AvgIpc) is 3.19. The molecule has 3 N–H and O–H groups in total. The molecule has 0 aliphatic heterocycles. The lowest BCUT2D eigenvalue weighted by molar-refractivity contribution is -0.126. The van der Waals surface area contributed by atoms with E-state index in [1.54, 1.807) is 12.4 Å². The Morgan fingerprint density at radius 2 is 2.20 bits per heavy atom. The molecular weight excluding hydrogens is 377 g/mol. The number of aromatic nitrogens is 3. The number of methoxy groups -OCH3 is 1. The Labute approximate surface area is 150 Å². The summed E-state index contributed by atoms with van der Waals surface area (Å²) in [4.78, 5) is 14.6. The molecule has 1 amide bonds. The van der Waals surface area contributed by atoms with Gasteiger partial charge in [-0.05, 0) is 6.07 Å². The maximum Gasteiger partial charge on any atom is 0.315 e. The topological polar surface area (TPSA) is 82.8 Å². The first-order chi connectivity index (χ1) is 11.9. The molecule has 2 aromatic heterocycles. The fourth-order valence-corrected chi connectivity index (χ4v) is 3.01. The molecule has 0 atom stereocenters. The minimum absolute atomic E-state index is 0.114. The monoisotopic (exact) mass is 388 g/mol. The average molecular weight is 389 g/mol. The number of rotatable bonds is 5. The van der Waals surface area contributed by atoms with Gasteiger partial charge in [-0.3, -0.25) is 9.89 Å². The smallest absolute Gasteiger partial charge is 0.315 e. The van der Waals surface area contributed by atoms with E-state index in [-0.39, 0.29) is 22.3 Å². The minimum atomic E-state index is -3.17. The number of nitrogens with zero attached hydrogens (tertiary/aromatic N) is 1. The number of ether oxygens (including phenoxy) is 1. The number of carbonyl (C=O) groups is 1. The van der Waals surface area contributed by atoms with Crippen molar-refractivity contribution < 1.29 is 18.3 Å². The first kappa shape index (κ1) is 17.7. The van der Waals surface area contributed by atoms with Gasteiger partial charge in [-0.25, -0.2) is 0 Å². The summed E-state index contributed by atoms with van der Waals surface area (Å²) in [5, 5.41) is 9.53. The number of halogens is 4. The van der Waals surface area contributed by atoms with Crippen molar-refractivity contribution in [1.29, 1.82) is 0 Å². The van der Waals surface area contributed by atoms with Crippen LogP contribution in [-0.4, -0.2) is 34.6 Å². The molecule has 0 fully saturated rings. The van der Waals surface area contributed by atoms with Crippen molar-refractivity contribution in [2.24, 2.45) is 0 Å². The van der Waals surface area contributed by atoms with Crippen LogP contribution in [0.15, 0.2) is 18.5 Å². The summed E-state index contributed by atoms with van der Waals surface area (Å²) >= 11 is 12.3. The fourth-order valence-electron chi connectivity index (χ4n) is 2.61. The predicted octanol–water partition coefficient (Wildman–Crippen LogP) is 4.21. The molecule has 6 nitrogen and oxygen atoms in total. The first-order valence-corrected chi connectivity index (χ1v) is 7.79. The number of hydrogen-bond acceptors (Lipinski definition) is 3. The van der Waals surface area contributed by atoms with Gasteiger partial charge in [0.2, 0.25) is 0 Å². The van der Waals surface area contributed by atoms with Gasteiger partial charge in [-0.15, -0.1) is 0 Å². The number of nitrogens with one attached hydrogen (secondary N) is 3. The number of fused-ring (bicyclic) bond motifs is 1. The summed E-state index contributed by atoms with van der Waals surface area (Å²) in [6.45, 7) is 0.200. The molecule has 3 rings (SSSR count). The van der Waals surface area contributed by atoms with Gasteiger partial charge in [0.05, 0.1) is 39.7 Å². The number of hydrogen-bond donors (Lipinski definition) is 3. The predicted molar refractivity (Wildman–Crippen MR) is 91.2 cm³/mol. The fraction of sp³-hybridized carbons (Fsp3) is 0.200. The Balaban J connectivity index is 2.32. The first-order valence-electron chi connectivity index (χ1n) is 7.03. The van der Waals surface area contributed by atoms with Gasteiger partial charge in [0, 0.05) is 29.8 Å². The zero-order valence-corrected chi connectivity index (χ0v) is 14.3. The van der Waals surface area contributed by atoms with Crippen LogP contribution in [0.4, 0.5) is 14.5 Å². The Morgan fingerprint density at radius 1 is 1.44 bits per heavy atom. The number of anilines is 1. The Morgan fingerprint density at radius 3 is 2.80 bits per heavy atom. The normalized spacial score (nSPS) is 11.4. The second kappa shape index (κ2) is 6.99. The molecular formula is C15H12Cl2F2N4O2. The van der Waals surface area contributed by atoms with Crippen LogP contribution in [0.5, 0.6) is 0 Å². The number of H-pyrrole nitrogens is 2. The molecule has 1 aromatic carbocycles. The molecule has 0 radical (unpaired) electrons. The van der Waals surface area contributed by atoms with E-state index in [0.29, 0.717) is 27.7 Å². The summed E-state index contributed by atoms with van der Waals surface area (Å²) in [7, 11) is 1.51. The van der Waals surface area contributed by atoms with Crippen LogP contribution in [0.1, 0.15) is 5.69 Å². The summed E-state index contributed by atoms with van der Waals surface area (Å²) in [6.07, 6.45) is 0.0192. The third kappa shape index (κ3) is 3.20. The maximum atomic E-state index is 12.7. The largest absolute Gasteiger partial charge is 0.378 e. The van der Waals surface area contributed by atoms with E-state index in [1.807, 2.05) is 0 Å². The minimum Gasteiger partial charge on any atom is -0.378 e. The number of alkyl halides is 2. The van der Waals surface area contributed by atoms with E-state index in [9.17, 15) is 13.6 Å². The van der Waals surface area contributed by atoms with E-state index < -0.39 is 12.3 Å². The van der Waals surface area contributed by atoms with E-state index in [1.165, 1.54) is 13.2 Å². The van der Waals surface area contributed by atoms with Crippen LogP contribution < -0.4 is 5.32 Å². The Hall–Kier alpha value is -2.16. The highest BCUT2D eigenvalue weighted by Gasteiger charge is 2.24. The molecule has 25 heavy (non-hydrogen) atoms. The SMILES string of the molecule is COCc1[nH]c2c(Cl)c(Cl)cc(NC(=O)C(F)F)c2c1-c1cn[nH]c1. The molecule has 0 unspecified atom stereocenters. The van der Waals surface area contributed by atoms with Gasteiger partial charge < -0.3 is 15.0 Å². The molecule has 132 valence electrons. The lowest BCUT2D eigenvalue weighted by atomic mass is 10.0. The van der Waals surface area contributed by atoms with Crippen molar-refractivity contribution in [3.63, 3.8) is 0 Å². The van der Waals surface area contributed by atoms with Crippen molar-refractivity contribution in [3.05, 3.63) is 34.2 Å². The number of amides is 1. The summed E-state index contributed by atoms with van der Waals surface area (Å²) < 4.78 is 30.5. The molecule has 0 aliphatic carbocycles. The highest BCUT2D eigenvalue weighted by Crippen LogP contribution is 2.43. The highest BCUT2D eigenvalue weighted by atomic mass is 35.5. The van der Waals surface area contributed by atoms with Gasteiger partial charge in [0.25, 0.3) is 5.91 Å². The third-order valence-corrected chi connectivity index (χ3v) is 4.37. The molecule has 3 aromatic rings. The second-order valence-electron chi connectivity index (χ2n) is 5.16. The summed E-state index contributed by atoms with van der Waals surface area (Å²) in [5.74, 6) is -1.44. The standard InChI is InChI=1S/C15H12Cl2F2N4O2/c1-25-5-9-10(6-3-20-21-4-6)11-8(23-15(24)14(18)19)2-7(16)12(17)13(11)22-9/h2-4,14,22H,5H2,1H3,(H,20,21)(H,23,24). The van der Waals surface area contributed by atoms with Crippen molar-refractivity contribution in [2.45, 2.75) is 13.0 Å². The van der Waals surface area contributed by atoms with Crippen LogP contribution in [0.3, 0.4) is 0 Å². The Kier molecular flexibility index (Phi) is 4.94. The molecule has 0 bridgehead atoms. The second-order valence-corrected chi connectivity index (χ2v) is 5.94. The number of carbonyl (C=O) groups excluding carboxylic acids is 1. The third-order valence-electron chi connectivity index (χ3n) is 3.58. The lowest BCUT2D eigenvalue weighted by Crippen LogP contribution is -2.20. The zero-order valence-electron chi connectivity index (χ0n) is 12.8. The van der Waals surface area contributed by atoms with Crippen LogP contribution in [0.25, 0.3) is 22.0 Å². The van der Waals surface area contributed by atoms with E-state index in [4.69, 9.17) is 27.9 Å². The zero-order chi connectivity index (χ0) is 18.1. The Bertz CT molecular complexity index is 926. The highest BCUT2D eigenvalue weighted by molar-refractivity contribution is 6.46. The van der Waals surface area contributed by atoms with Crippen molar-refractivity contribution >= 4 is 45.7 Å². The van der Waals surface area contributed by atoms with Gasteiger partial charge >= 0.3 is 6.43 Å². The number of aromatic amines is 2. The summed E-state index contributed by atoms with van der Waals surface area (Å²) in [5.41, 5.74) is 2.44. The van der Waals surface area contributed by atoms with Gasteiger partial charge in [-0.2, -0.15) is 13.9 Å². The van der Waals surface area contributed by atoms with Gasteiger partial charge in [0.1, 0.15) is 0 Å². The molecule has 2 heterocycles. The quantitative estimate of drug-likeness (QED) is 0.611. The molecule has 0 spiro atoms.